The largest absolute Gasteiger partial charge is 0.424 e. The van der Waals surface area contributed by atoms with Gasteiger partial charge in [-0.25, -0.2) is 4.98 Å². The van der Waals surface area contributed by atoms with E-state index in [4.69, 9.17) is 4.42 Å². The van der Waals surface area contributed by atoms with E-state index in [9.17, 15) is 4.79 Å². The molecule has 8 heteroatoms. The fourth-order valence-corrected chi connectivity index (χ4v) is 4.19. The lowest BCUT2D eigenvalue weighted by molar-refractivity contribution is -0.140. The summed E-state index contributed by atoms with van der Waals surface area (Å²) in [5.74, 6) is 1.65. The molecule has 1 amide bonds. The molecular formula is C16H21N5O2S. The van der Waals surface area contributed by atoms with Gasteiger partial charge in [-0.3, -0.25) is 9.69 Å². The van der Waals surface area contributed by atoms with Crippen molar-refractivity contribution in [1.29, 1.82) is 0 Å². The molecule has 2 atom stereocenters. The third-order valence-electron chi connectivity index (χ3n) is 4.85. The van der Waals surface area contributed by atoms with Gasteiger partial charge in [-0.2, -0.15) is 0 Å². The number of carbonyl (C=O) groups is 1. The standard InChI is InChI=1S/C16H21N5O2S/c1-2-14-18-19-15(23-14)8-20-5-11-3-4-13(7-20)21(16(11)22)6-12-9-24-10-17-12/h9-11,13H,2-8H2,1H3/t11-,13+/m1/s1. The highest BCUT2D eigenvalue weighted by molar-refractivity contribution is 7.07. The van der Waals surface area contributed by atoms with Crippen LogP contribution in [0.5, 0.6) is 0 Å². The van der Waals surface area contributed by atoms with Gasteiger partial charge in [-0.15, -0.1) is 21.5 Å². The summed E-state index contributed by atoms with van der Waals surface area (Å²) in [6, 6.07) is 0.242. The molecule has 5 rings (SSSR count). The molecule has 2 bridgehead atoms. The Bertz CT molecular complexity index is 701. The summed E-state index contributed by atoms with van der Waals surface area (Å²) in [7, 11) is 0. The molecule has 3 aliphatic heterocycles. The Labute approximate surface area is 144 Å². The Kier molecular flexibility index (Phi) is 4.32. The lowest BCUT2D eigenvalue weighted by Gasteiger charge is -2.35. The van der Waals surface area contributed by atoms with Gasteiger partial charge in [0, 0.05) is 30.9 Å². The van der Waals surface area contributed by atoms with Gasteiger partial charge in [-0.05, 0) is 12.8 Å². The molecule has 0 aromatic carbocycles. The van der Waals surface area contributed by atoms with E-state index in [0.717, 1.165) is 38.0 Å². The van der Waals surface area contributed by atoms with Crippen molar-refractivity contribution < 1.29 is 9.21 Å². The first-order valence-corrected chi connectivity index (χ1v) is 9.38. The highest BCUT2D eigenvalue weighted by Gasteiger charge is 2.40. The van der Waals surface area contributed by atoms with E-state index in [1.54, 1.807) is 11.3 Å². The summed E-state index contributed by atoms with van der Waals surface area (Å²) in [6.45, 7) is 4.87. The van der Waals surface area contributed by atoms with Crippen LogP contribution in [0.3, 0.4) is 0 Å². The van der Waals surface area contributed by atoms with Crippen molar-refractivity contribution in [2.75, 3.05) is 13.1 Å². The minimum Gasteiger partial charge on any atom is -0.424 e. The third kappa shape index (κ3) is 3.08. The average molecular weight is 347 g/mol. The molecule has 0 spiro atoms. The molecule has 3 aliphatic rings. The van der Waals surface area contributed by atoms with Gasteiger partial charge >= 0.3 is 0 Å². The predicted octanol–water partition coefficient (Wildman–Crippen LogP) is 1.71. The van der Waals surface area contributed by atoms with Crippen molar-refractivity contribution >= 4 is 17.2 Å². The molecule has 3 fully saturated rings. The number of hydrogen-bond acceptors (Lipinski definition) is 7. The summed E-state index contributed by atoms with van der Waals surface area (Å²) in [5, 5.41) is 10.2. The van der Waals surface area contributed by atoms with Crippen LogP contribution in [0.2, 0.25) is 0 Å². The van der Waals surface area contributed by atoms with Crippen molar-refractivity contribution in [1.82, 2.24) is 25.0 Å². The molecule has 128 valence electrons. The second-order valence-electron chi connectivity index (χ2n) is 6.51. The van der Waals surface area contributed by atoms with Gasteiger partial charge in [0.25, 0.3) is 0 Å². The SMILES string of the molecule is CCc1nnc(CN2C[C@H]3CC[C@@H](C2)N(Cc2cscn2)C3=O)o1. The highest BCUT2D eigenvalue weighted by atomic mass is 32.1. The van der Waals surface area contributed by atoms with Crippen LogP contribution in [0.25, 0.3) is 0 Å². The Balaban J connectivity index is 1.48. The zero-order chi connectivity index (χ0) is 16.5. The number of nitrogens with zero attached hydrogens (tertiary/aromatic N) is 5. The molecule has 5 heterocycles. The van der Waals surface area contributed by atoms with Gasteiger partial charge in [0.05, 0.1) is 30.2 Å². The van der Waals surface area contributed by atoms with Gasteiger partial charge in [0.1, 0.15) is 0 Å². The first kappa shape index (κ1) is 15.7. The Morgan fingerprint density at radius 3 is 2.88 bits per heavy atom. The van der Waals surface area contributed by atoms with Crippen LogP contribution < -0.4 is 0 Å². The van der Waals surface area contributed by atoms with Crippen LogP contribution in [-0.4, -0.2) is 50.0 Å². The molecule has 0 saturated carbocycles. The van der Waals surface area contributed by atoms with E-state index in [1.165, 1.54) is 0 Å². The number of fused-ring (bicyclic) bond motifs is 4. The fraction of sp³-hybridized carbons (Fsp3) is 0.625. The van der Waals surface area contributed by atoms with Crippen molar-refractivity contribution in [2.45, 2.75) is 45.3 Å². The van der Waals surface area contributed by atoms with E-state index in [0.29, 0.717) is 24.9 Å². The molecule has 24 heavy (non-hydrogen) atoms. The van der Waals surface area contributed by atoms with Gasteiger partial charge in [0.15, 0.2) is 0 Å². The monoisotopic (exact) mass is 347 g/mol. The lowest BCUT2D eigenvalue weighted by Crippen LogP contribution is -2.47. The van der Waals surface area contributed by atoms with E-state index < -0.39 is 0 Å². The normalized spacial score (nSPS) is 24.5. The molecule has 0 radical (unpaired) electrons. The van der Waals surface area contributed by atoms with Crippen molar-refractivity contribution in [3.8, 4) is 0 Å². The minimum atomic E-state index is 0.0657. The predicted molar refractivity (Wildman–Crippen MR) is 88.1 cm³/mol. The van der Waals surface area contributed by atoms with Crippen LogP contribution in [0, 0.1) is 5.92 Å². The molecule has 2 aromatic heterocycles. The zero-order valence-corrected chi connectivity index (χ0v) is 14.5. The maximum atomic E-state index is 12.8. The van der Waals surface area contributed by atoms with Crippen molar-refractivity contribution in [3.63, 3.8) is 0 Å². The number of amides is 1. The second kappa shape index (κ2) is 6.60. The molecule has 0 unspecified atom stereocenters. The summed E-state index contributed by atoms with van der Waals surface area (Å²) in [4.78, 5) is 21.4. The smallest absolute Gasteiger partial charge is 0.230 e. The summed E-state index contributed by atoms with van der Waals surface area (Å²) in [6.07, 6.45) is 2.77. The van der Waals surface area contributed by atoms with Crippen LogP contribution in [0.15, 0.2) is 15.3 Å². The van der Waals surface area contributed by atoms with E-state index in [1.807, 2.05) is 22.7 Å². The van der Waals surface area contributed by atoms with Crippen molar-refractivity contribution in [3.05, 3.63) is 28.4 Å². The molecular weight excluding hydrogens is 326 g/mol. The summed E-state index contributed by atoms with van der Waals surface area (Å²) >= 11 is 1.57. The minimum absolute atomic E-state index is 0.0657. The number of carbonyl (C=O) groups excluding carboxylic acids is 1. The fourth-order valence-electron chi connectivity index (χ4n) is 3.64. The van der Waals surface area contributed by atoms with E-state index in [2.05, 4.69) is 20.1 Å². The second-order valence-corrected chi connectivity index (χ2v) is 7.23. The first-order valence-electron chi connectivity index (χ1n) is 8.44. The molecule has 0 aliphatic carbocycles. The Morgan fingerprint density at radius 1 is 1.25 bits per heavy atom. The zero-order valence-electron chi connectivity index (χ0n) is 13.7. The average Bonchev–Trinajstić information content (AvgIpc) is 3.18. The topological polar surface area (TPSA) is 75.4 Å². The number of rotatable bonds is 5. The summed E-state index contributed by atoms with van der Waals surface area (Å²) in [5.41, 5.74) is 2.81. The third-order valence-corrected chi connectivity index (χ3v) is 5.49. The molecule has 3 saturated heterocycles. The van der Waals surface area contributed by atoms with Gasteiger partial charge in [0.2, 0.25) is 17.7 Å². The van der Waals surface area contributed by atoms with Gasteiger partial charge in [-0.1, -0.05) is 6.92 Å². The van der Waals surface area contributed by atoms with E-state index in [-0.39, 0.29) is 17.9 Å². The van der Waals surface area contributed by atoms with Crippen LogP contribution in [0.4, 0.5) is 0 Å². The highest BCUT2D eigenvalue weighted by Crippen LogP contribution is 2.31. The maximum Gasteiger partial charge on any atom is 0.230 e. The lowest BCUT2D eigenvalue weighted by atomic mass is 9.94. The van der Waals surface area contributed by atoms with Crippen LogP contribution in [0.1, 0.15) is 37.2 Å². The number of aryl methyl sites for hydroxylation is 1. The van der Waals surface area contributed by atoms with Crippen LogP contribution in [-0.2, 0) is 24.3 Å². The molecule has 0 N–H and O–H groups in total. The number of hydrogen-bond donors (Lipinski definition) is 0. The van der Waals surface area contributed by atoms with Gasteiger partial charge < -0.3 is 9.32 Å². The molecule has 7 nitrogen and oxygen atoms in total. The quantitative estimate of drug-likeness (QED) is 0.820. The summed E-state index contributed by atoms with van der Waals surface area (Å²) < 4.78 is 5.64. The number of thiazole rings is 1. The number of piperidine rings is 1. The Hall–Kier alpha value is -1.80. The van der Waals surface area contributed by atoms with Crippen LogP contribution >= 0.6 is 11.3 Å². The Morgan fingerprint density at radius 2 is 2.12 bits per heavy atom. The van der Waals surface area contributed by atoms with Crippen molar-refractivity contribution in [2.24, 2.45) is 5.92 Å². The van der Waals surface area contributed by atoms with E-state index >= 15 is 0 Å². The maximum absolute atomic E-state index is 12.8. The molecule has 2 aromatic rings. The number of aromatic nitrogens is 3. The first-order chi connectivity index (χ1) is 11.7.